The van der Waals surface area contributed by atoms with Crippen LogP contribution in [0.5, 0.6) is 0 Å². The first-order valence-corrected chi connectivity index (χ1v) is 9.27. The summed E-state index contributed by atoms with van der Waals surface area (Å²) in [5.74, 6) is 1.03. The first kappa shape index (κ1) is 17.0. The number of hydrogen-bond donors (Lipinski definition) is 0. The molecule has 1 fully saturated rings. The number of aromatic nitrogens is 5. The van der Waals surface area contributed by atoms with Crippen LogP contribution in [0.2, 0.25) is 0 Å². The molecule has 0 bridgehead atoms. The van der Waals surface area contributed by atoms with Gasteiger partial charge in [0.1, 0.15) is 5.82 Å². The van der Waals surface area contributed by atoms with Gasteiger partial charge in [0.05, 0.1) is 5.69 Å². The summed E-state index contributed by atoms with van der Waals surface area (Å²) >= 11 is 0. The van der Waals surface area contributed by atoms with Crippen molar-refractivity contribution in [3.63, 3.8) is 0 Å². The minimum Gasteiger partial charge on any atom is -0.324 e. The third-order valence-electron chi connectivity index (χ3n) is 5.26. The van der Waals surface area contributed by atoms with Gasteiger partial charge in [0.25, 0.3) is 0 Å². The smallest absolute Gasteiger partial charge is 0.141 e. The monoisotopic (exact) mass is 350 g/mol. The van der Waals surface area contributed by atoms with Gasteiger partial charge in [-0.05, 0) is 45.4 Å². The zero-order valence-corrected chi connectivity index (χ0v) is 15.8. The van der Waals surface area contributed by atoms with Crippen LogP contribution in [0.15, 0.2) is 36.9 Å². The standard InChI is InChI=1S/C20H26N6/c1-15-10-22-20(17-6-4-8-21-11-17)26(15)19-7-5-9-25(14-19)13-18-12-24(3)23-16(18)2/h4,6,8,10-12,19H,5,7,9,13-14H2,1-3H3. The van der Waals surface area contributed by atoms with Crippen LogP contribution in [0, 0.1) is 13.8 Å². The Morgan fingerprint density at radius 3 is 2.85 bits per heavy atom. The lowest BCUT2D eigenvalue weighted by Gasteiger charge is -2.34. The maximum absolute atomic E-state index is 4.68. The Hall–Kier alpha value is -2.47. The molecule has 1 aliphatic heterocycles. The van der Waals surface area contributed by atoms with Gasteiger partial charge < -0.3 is 4.57 Å². The van der Waals surface area contributed by atoms with E-state index in [0.717, 1.165) is 36.7 Å². The zero-order valence-electron chi connectivity index (χ0n) is 15.8. The molecule has 1 aliphatic rings. The number of aryl methyl sites for hydroxylation is 3. The largest absolute Gasteiger partial charge is 0.324 e. The van der Waals surface area contributed by atoms with Crippen molar-refractivity contribution in [3.05, 3.63) is 53.9 Å². The summed E-state index contributed by atoms with van der Waals surface area (Å²) in [6, 6.07) is 4.51. The van der Waals surface area contributed by atoms with E-state index in [1.165, 1.54) is 24.1 Å². The van der Waals surface area contributed by atoms with Crippen molar-refractivity contribution in [1.82, 2.24) is 29.2 Å². The van der Waals surface area contributed by atoms with Crippen LogP contribution in [0.3, 0.4) is 0 Å². The Bertz CT molecular complexity index is 879. The number of hydrogen-bond acceptors (Lipinski definition) is 4. The quantitative estimate of drug-likeness (QED) is 0.725. The Morgan fingerprint density at radius 2 is 2.12 bits per heavy atom. The van der Waals surface area contributed by atoms with Gasteiger partial charge in [0.2, 0.25) is 0 Å². The van der Waals surface area contributed by atoms with E-state index in [1.54, 1.807) is 0 Å². The highest BCUT2D eigenvalue weighted by Crippen LogP contribution is 2.29. The van der Waals surface area contributed by atoms with Crippen LogP contribution >= 0.6 is 0 Å². The van der Waals surface area contributed by atoms with Gasteiger partial charge >= 0.3 is 0 Å². The van der Waals surface area contributed by atoms with Gasteiger partial charge in [-0.15, -0.1) is 0 Å². The van der Waals surface area contributed by atoms with E-state index in [4.69, 9.17) is 0 Å². The van der Waals surface area contributed by atoms with Crippen molar-refractivity contribution >= 4 is 0 Å². The molecule has 0 aliphatic carbocycles. The second-order valence-corrected chi connectivity index (χ2v) is 7.28. The lowest BCUT2D eigenvalue weighted by Crippen LogP contribution is -2.36. The molecule has 0 amide bonds. The van der Waals surface area contributed by atoms with Gasteiger partial charge in [-0.25, -0.2) is 4.98 Å². The molecule has 3 aromatic heterocycles. The molecular formula is C20H26N6. The number of imidazole rings is 1. The molecule has 26 heavy (non-hydrogen) atoms. The van der Waals surface area contributed by atoms with Gasteiger partial charge in [0, 0.05) is 67.8 Å². The van der Waals surface area contributed by atoms with E-state index in [9.17, 15) is 0 Å². The Morgan fingerprint density at radius 1 is 1.23 bits per heavy atom. The third kappa shape index (κ3) is 3.29. The fourth-order valence-electron chi connectivity index (χ4n) is 4.05. The minimum absolute atomic E-state index is 0.443. The molecule has 6 heteroatoms. The molecular weight excluding hydrogens is 324 g/mol. The molecule has 0 N–H and O–H groups in total. The average Bonchev–Trinajstić information content (AvgIpc) is 3.18. The summed E-state index contributed by atoms with van der Waals surface area (Å²) in [6.45, 7) is 7.39. The van der Waals surface area contributed by atoms with Crippen LogP contribution in [0.1, 0.15) is 35.8 Å². The maximum Gasteiger partial charge on any atom is 0.141 e. The number of piperidine rings is 1. The second-order valence-electron chi connectivity index (χ2n) is 7.28. The number of rotatable bonds is 4. The predicted octanol–water partition coefficient (Wildman–Crippen LogP) is 3.13. The van der Waals surface area contributed by atoms with E-state index in [-0.39, 0.29) is 0 Å². The summed E-state index contributed by atoms with van der Waals surface area (Å²) < 4.78 is 4.31. The SMILES string of the molecule is Cc1nn(C)cc1CN1CCCC(n2c(C)cnc2-c2cccnc2)C1. The Kier molecular flexibility index (Phi) is 4.59. The molecule has 0 saturated carbocycles. The fraction of sp³-hybridized carbons (Fsp3) is 0.450. The summed E-state index contributed by atoms with van der Waals surface area (Å²) in [7, 11) is 1.99. The van der Waals surface area contributed by atoms with Crippen molar-refractivity contribution in [2.24, 2.45) is 7.05 Å². The van der Waals surface area contributed by atoms with E-state index in [2.05, 4.69) is 50.6 Å². The van der Waals surface area contributed by atoms with Crippen molar-refractivity contribution in [2.45, 2.75) is 39.3 Å². The van der Waals surface area contributed by atoms with Gasteiger partial charge in [0.15, 0.2) is 0 Å². The highest BCUT2D eigenvalue weighted by atomic mass is 15.3. The molecule has 6 nitrogen and oxygen atoms in total. The number of nitrogens with zero attached hydrogens (tertiary/aromatic N) is 6. The number of likely N-dealkylation sites (tertiary alicyclic amines) is 1. The second kappa shape index (κ2) is 7.03. The third-order valence-corrected chi connectivity index (χ3v) is 5.26. The molecule has 1 atom stereocenters. The van der Waals surface area contributed by atoms with Gasteiger partial charge in [-0.2, -0.15) is 5.10 Å². The molecule has 0 radical (unpaired) electrons. The summed E-state index contributed by atoms with van der Waals surface area (Å²) in [4.78, 5) is 11.5. The van der Waals surface area contributed by atoms with Crippen LogP contribution in [0.4, 0.5) is 0 Å². The van der Waals surface area contributed by atoms with Crippen LogP contribution in [-0.4, -0.2) is 42.3 Å². The molecule has 0 spiro atoms. The molecule has 1 unspecified atom stereocenters. The number of pyridine rings is 1. The van der Waals surface area contributed by atoms with Crippen LogP contribution in [-0.2, 0) is 13.6 Å². The first-order valence-electron chi connectivity index (χ1n) is 9.27. The molecule has 4 heterocycles. The molecule has 3 aromatic rings. The predicted molar refractivity (Wildman–Crippen MR) is 102 cm³/mol. The van der Waals surface area contributed by atoms with E-state index in [1.807, 2.05) is 36.4 Å². The highest BCUT2D eigenvalue weighted by molar-refractivity contribution is 5.54. The molecule has 1 saturated heterocycles. The van der Waals surface area contributed by atoms with E-state index < -0.39 is 0 Å². The summed E-state index contributed by atoms with van der Waals surface area (Å²) in [5.41, 5.74) is 4.75. The maximum atomic E-state index is 4.68. The summed E-state index contributed by atoms with van der Waals surface area (Å²) in [5, 5.41) is 4.48. The lowest BCUT2D eigenvalue weighted by atomic mass is 10.0. The van der Waals surface area contributed by atoms with Crippen LogP contribution < -0.4 is 0 Å². The molecule has 0 aromatic carbocycles. The van der Waals surface area contributed by atoms with Crippen molar-refractivity contribution in [2.75, 3.05) is 13.1 Å². The van der Waals surface area contributed by atoms with Crippen molar-refractivity contribution in [1.29, 1.82) is 0 Å². The lowest BCUT2D eigenvalue weighted by molar-refractivity contribution is 0.169. The zero-order chi connectivity index (χ0) is 18.1. The first-order chi connectivity index (χ1) is 12.6. The van der Waals surface area contributed by atoms with Gasteiger partial charge in [-0.1, -0.05) is 0 Å². The van der Waals surface area contributed by atoms with E-state index in [0.29, 0.717) is 6.04 Å². The summed E-state index contributed by atoms with van der Waals surface area (Å²) in [6.07, 6.45) is 10.2. The fourth-order valence-corrected chi connectivity index (χ4v) is 4.05. The van der Waals surface area contributed by atoms with Crippen molar-refractivity contribution in [3.8, 4) is 11.4 Å². The average molecular weight is 350 g/mol. The Balaban J connectivity index is 1.57. The normalized spacial score (nSPS) is 18.3. The topological polar surface area (TPSA) is 51.8 Å². The highest BCUT2D eigenvalue weighted by Gasteiger charge is 2.25. The molecule has 4 rings (SSSR count). The molecule has 136 valence electrons. The minimum atomic E-state index is 0.443. The Labute approximate surface area is 154 Å². The van der Waals surface area contributed by atoms with Crippen molar-refractivity contribution < 1.29 is 0 Å². The van der Waals surface area contributed by atoms with Crippen LogP contribution in [0.25, 0.3) is 11.4 Å². The van der Waals surface area contributed by atoms with E-state index >= 15 is 0 Å². The van der Waals surface area contributed by atoms with Gasteiger partial charge in [-0.3, -0.25) is 14.6 Å².